The molecule has 5 rings (SSSR count). The molecule has 3 aliphatic heterocycles. The van der Waals surface area contributed by atoms with Crippen LogP contribution in [0.25, 0.3) is 0 Å². The lowest BCUT2D eigenvalue weighted by Crippen LogP contribution is -2.60. The van der Waals surface area contributed by atoms with E-state index in [1.54, 1.807) is 44.7 Å². The molecule has 0 spiro atoms. The first-order valence-electron chi connectivity index (χ1n) is 28.4. The van der Waals surface area contributed by atoms with Crippen LogP contribution in [-0.2, 0) is 57.5 Å². The maximum absolute atomic E-state index is 14.8. The molecule has 0 bridgehead atoms. The summed E-state index contributed by atoms with van der Waals surface area (Å²) in [4.78, 5) is 134. The molecule has 79 heavy (non-hydrogen) atoms. The molecule has 3 heterocycles. The van der Waals surface area contributed by atoms with Gasteiger partial charge in [-0.15, -0.1) is 0 Å². The topological polar surface area (TPSA) is 246 Å². The Kier molecular flexibility index (Phi) is 23.2. The molecule has 21 heteroatoms. The van der Waals surface area contributed by atoms with E-state index in [0.717, 1.165) is 23.3 Å². The van der Waals surface area contributed by atoms with Gasteiger partial charge in [0.1, 0.15) is 11.6 Å². The van der Waals surface area contributed by atoms with Crippen LogP contribution in [0, 0.1) is 29.1 Å². The van der Waals surface area contributed by atoms with Crippen LogP contribution in [0.4, 0.5) is 0 Å². The van der Waals surface area contributed by atoms with E-state index in [9.17, 15) is 43.2 Å². The summed E-state index contributed by atoms with van der Waals surface area (Å²) in [6.07, 6.45) is 5.46. The highest BCUT2D eigenvalue weighted by atomic mass is 16.7. The van der Waals surface area contributed by atoms with Crippen molar-refractivity contribution < 1.29 is 57.5 Å². The maximum Gasteiger partial charge on any atom is 0.272 e. The van der Waals surface area contributed by atoms with Crippen molar-refractivity contribution in [2.24, 2.45) is 29.1 Å². The summed E-state index contributed by atoms with van der Waals surface area (Å²) in [7, 11) is 6.53. The van der Waals surface area contributed by atoms with E-state index in [2.05, 4.69) is 21.5 Å². The zero-order chi connectivity index (χ0) is 58.5. The first-order chi connectivity index (χ1) is 37.3. The van der Waals surface area contributed by atoms with Crippen molar-refractivity contribution >= 4 is 53.2 Å². The van der Waals surface area contributed by atoms with Crippen LogP contribution in [0.1, 0.15) is 138 Å². The van der Waals surface area contributed by atoms with E-state index in [0.29, 0.717) is 58.3 Å². The number of imide groups is 1. The first-order valence-corrected chi connectivity index (χ1v) is 28.4. The van der Waals surface area contributed by atoms with Crippen molar-refractivity contribution in [1.29, 1.82) is 0 Å². The van der Waals surface area contributed by atoms with Gasteiger partial charge in [-0.3, -0.25) is 68.6 Å². The quantitative estimate of drug-likeness (QED) is 0.0689. The fourth-order valence-electron chi connectivity index (χ4n) is 11.5. The highest BCUT2D eigenvalue weighted by Crippen LogP contribution is 2.53. The van der Waals surface area contributed by atoms with Gasteiger partial charge in [0.05, 0.1) is 49.3 Å². The van der Waals surface area contributed by atoms with Gasteiger partial charge >= 0.3 is 0 Å². The molecule has 0 aromatic heterocycles. The second-order valence-electron chi connectivity index (χ2n) is 23.5. The zero-order valence-corrected chi connectivity index (χ0v) is 49.1. The van der Waals surface area contributed by atoms with Gasteiger partial charge in [-0.2, -0.15) is 0 Å². The molecule has 1 aromatic carbocycles. The summed E-state index contributed by atoms with van der Waals surface area (Å²) >= 11 is 0. The number of likely N-dealkylation sites (tertiary alicyclic amines) is 1. The van der Waals surface area contributed by atoms with Gasteiger partial charge in [0, 0.05) is 70.8 Å². The minimum Gasteiger partial charge on any atom is -0.379 e. The van der Waals surface area contributed by atoms with Gasteiger partial charge in [0.25, 0.3) is 17.7 Å². The van der Waals surface area contributed by atoms with E-state index in [1.165, 1.54) is 31.4 Å². The van der Waals surface area contributed by atoms with Gasteiger partial charge in [-0.1, -0.05) is 99.1 Å². The average molecular weight is 1110 g/mol. The number of hydrogen-bond donors (Lipinski definition) is 4. The molecule has 10 atom stereocenters. The molecule has 1 aliphatic carbocycles. The molecule has 9 amide bonds. The van der Waals surface area contributed by atoms with Crippen molar-refractivity contribution in [3.63, 3.8) is 0 Å². The van der Waals surface area contributed by atoms with Crippen molar-refractivity contribution in [3.8, 4) is 0 Å². The SMILES string of the molecule is CCC(C)C(C(CC(=O)N1CCC[C@H]1C(OC)C(C)C(=O)N[C@@]1(C(=O)N2CCCCO2)C[C@@H]1c1ccccc1)OC)N(C)C(=O)C(NC(=O)C(C(C)C)N(C)CCCC(=O)NNC(=O)C(C)(C)CCN1C(=O)C=CC1=O)C(C)C. The molecule has 4 N–H and O–H groups in total. The number of hydrogen-bond acceptors (Lipinski definition) is 13. The van der Waals surface area contributed by atoms with Crippen LogP contribution in [-0.4, -0.2) is 181 Å². The second kappa shape index (κ2) is 28.6. The predicted molar refractivity (Wildman–Crippen MR) is 295 cm³/mol. The van der Waals surface area contributed by atoms with E-state index < -0.39 is 76.9 Å². The monoisotopic (exact) mass is 1110 g/mol. The Hall–Kier alpha value is -5.77. The molecule has 1 aromatic rings. The van der Waals surface area contributed by atoms with Crippen LogP contribution >= 0.6 is 0 Å². The van der Waals surface area contributed by atoms with Crippen molar-refractivity contribution in [1.82, 2.24) is 46.1 Å². The Balaban J connectivity index is 1.19. The van der Waals surface area contributed by atoms with E-state index >= 15 is 0 Å². The number of nitrogens with zero attached hydrogens (tertiary/aromatic N) is 5. The van der Waals surface area contributed by atoms with Crippen LogP contribution in [0.15, 0.2) is 42.5 Å². The van der Waals surface area contributed by atoms with E-state index in [4.69, 9.17) is 14.3 Å². The van der Waals surface area contributed by atoms with Gasteiger partial charge in [0.2, 0.25) is 35.4 Å². The lowest BCUT2D eigenvalue weighted by Gasteiger charge is -2.41. The summed E-state index contributed by atoms with van der Waals surface area (Å²) in [5, 5.41) is 7.61. The number of rotatable bonds is 28. The highest BCUT2D eigenvalue weighted by Gasteiger charge is 2.64. The van der Waals surface area contributed by atoms with Crippen LogP contribution < -0.4 is 21.5 Å². The number of hydroxylamine groups is 2. The van der Waals surface area contributed by atoms with Crippen molar-refractivity contribution in [2.75, 3.05) is 61.1 Å². The Morgan fingerprint density at radius 3 is 2.11 bits per heavy atom. The maximum atomic E-state index is 14.8. The minimum absolute atomic E-state index is 0.0366. The molecule has 4 aliphatic rings. The third-order valence-electron chi connectivity index (χ3n) is 16.7. The smallest absolute Gasteiger partial charge is 0.272 e. The lowest BCUT2D eigenvalue weighted by molar-refractivity contribution is -0.200. The number of nitrogens with one attached hydrogen (secondary N) is 4. The number of hydrazine groups is 1. The summed E-state index contributed by atoms with van der Waals surface area (Å²) in [5.74, 6) is -4.93. The average Bonchev–Trinajstić information content (AvgIpc) is 3.74. The fourth-order valence-corrected chi connectivity index (χ4v) is 11.5. The Morgan fingerprint density at radius 1 is 0.861 bits per heavy atom. The molecule has 0 radical (unpaired) electrons. The number of methoxy groups -OCH3 is 2. The largest absolute Gasteiger partial charge is 0.379 e. The molecule has 2 saturated heterocycles. The normalized spacial score (nSPS) is 22.1. The van der Waals surface area contributed by atoms with Crippen LogP contribution in [0.2, 0.25) is 0 Å². The third kappa shape index (κ3) is 15.8. The second-order valence-corrected chi connectivity index (χ2v) is 23.5. The van der Waals surface area contributed by atoms with E-state index in [-0.39, 0.29) is 79.0 Å². The Bertz CT molecular complexity index is 2320. The molecule has 7 unspecified atom stereocenters. The van der Waals surface area contributed by atoms with Crippen molar-refractivity contribution in [3.05, 3.63) is 48.0 Å². The van der Waals surface area contributed by atoms with Gasteiger partial charge in [-0.25, -0.2) is 5.06 Å². The van der Waals surface area contributed by atoms with Crippen LogP contribution in [0.3, 0.4) is 0 Å². The summed E-state index contributed by atoms with van der Waals surface area (Å²) < 4.78 is 12.2. The van der Waals surface area contributed by atoms with E-state index in [1.807, 2.05) is 76.8 Å². The number of benzene rings is 1. The molecule has 1 saturated carbocycles. The van der Waals surface area contributed by atoms with Crippen molar-refractivity contribution in [2.45, 2.75) is 174 Å². The Morgan fingerprint density at radius 2 is 1.53 bits per heavy atom. The zero-order valence-electron chi connectivity index (χ0n) is 49.1. The number of amides is 9. The number of carbonyl (C=O) groups is 9. The summed E-state index contributed by atoms with van der Waals surface area (Å²) in [5.41, 5.74) is 3.66. The molecule has 21 nitrogen and oxygen atoms in total. The third-order valence-corrected chi connectivity index (χ3v) is 16.7. The fraction of sp³-hybridized carbons (Fsp3) is 0.707. The van der Waals surface area contributed by atoms with Gasteiger partial charge in [0.15, 0.2) is 0 Å². The molecular formula is C58H91N9O12. The molecular weight excluding hydrogens is 1010 g/mol. The lowest BCUT2D eigenvalue weighted by atomic mass is 9.88. The molecule has 440 valence electrons. The van der Waals surface area contributed by atoms with Crippen LogP contribution in [0.5, 0.6) is 0 Å². The van der Waals surface area contributed by atoms with Gasteiger partial charge < -0.3 is 29.9 Å². The number of carbonyl (C=O) groups excluding carboxylic acids is 9. The Labute approximate surface area is 467 Å². The number of ether oxygens (including phenoxy) is 2. The molecule has 3 fully saturated rings. The minimum atomic E-state index is -1.17. The summed E-state index contributed by atoms with van der Waals surface area (Å²) in [6, 6.07) is 7.05. The summed E-state index contributed by atoms with van der Waals surface area (Å²) in [6.45, 7) is 18.3. The highest BCUT2D eigenvalue weighted by molar-refractivity contribution is 6.12. The predicted octanol–water partition coefficient (Wildman–Crippen LogP) is 3.87. The number of likely N-dealkylation sites (N-methyl/N-ethyl adjacent to an activating group) is 2. The standard InChI is InChI=1S/C58H91N9O12/c1-14-38(6)50(64(11)54(74)48(36(2)3)59-53(73)49(37(4)5)63(10)29-21-25-44(68)61-62-55(75)57(8,9)28-32-66-45(69)26-27-46(66)70)43(77-12)34-47(71)65-30-20-24-42(65)51(78-13)39(7)52(72)60-58(56(76)67-31-18-19-33-79-67)35-41(58)40-22-16-15-17-23-40/h15-17,22-23,26-27,36-39,41-43,48-51H,14,18-21,24-25,28-35H2,1-13H3,(H,59,73)(H,60,72)(H,61,68)(H,62,75)/t38?,39?,41-,42+,43?,48?,49?,50?,51?,58+/m1/s1. The van der Waals surface area contributed by atoms with Gasteiger partial charge in [-0.05, 0) is 81.9 Å². The first kappa shape index (κ1) is 64.1.